The number of piperazine rings is 1. The molecule has 2 aliphatic heterocycles. The van der Waals surface area contributed by atoms with Crippen LogP contribution in [0.15, 0.2) is 36.7 Å². The average molecular weight is 489 g/mol. The lowest BCUT2D eigenvalue weighted by Gasteiger charge is -2.36. The Kier molecular flexibility index (Phi) is 6.26. The molecule has 0 saturated carbocycles. The number of halogens is 3. The van der Waals surface area contributed by atoms with E-state index < -0.39 is 12.7 Å². The maximum absolute atomic E-state index is 12.6. The molecule has 2 atom stereocenters. The van der Waals surface area contributed by atoms with E-state index in [4.69, 9.17) is 9.72 Å². The van der Waals surface area contributed by atoms with Crippen LogP contribution in [0.25, 0.3) is 22.3 Å². The van der Waals surface area contributed by atoms with Gasteiger partial charge in [-0.3, -0.25) is 9.69 Å². The molecule has 0 spiro atoms. The molecule has 2 aliphatic rings. The predicted octanol–water partition coefficient (Wildman–Crippen LogP) is 3.21. The van der Waals surface area contributed by atoms with E-state index in [-0.39, 0.29) is 17.9 Å². The number of anilines is 1. The lowest BCUT2D eigenvalue weighted by Crippen LogP contribution is -2.49. The van der Waals surface area contributed by atoms with Crippen molar-refractivity contribution in [1.82, 2.24) is 25.2 Å². The summed E-state index contributed by atoms with van der Waals surface area (Å²) in [6, 6.07) is 9.74. The number of hydrogen-bond donors (Lipinski definition) is 2. The van der Waals surface area contributed by atoms with Crippen LogP contribution in [-0.4, -0.2) is 77.3 Å². The highest BCUT2D eigenvalue weighted by atomic mass is 19.4. The highest BCUT2D eigenvalue weighted by molar-refractivity contribution is 5.84. The van der Waals surface area contributed by atoms with Gasteiger partial charge in [-0.15, -0.1) is 0 Å². The summed E-state index contributed by atoms with van der Waals surface area (Å²) in [4.78, 5) is 27.3. The highest BCUT2D eigenvalue weighted by Crippen LogP contribution is 2.31. The van der Waals surface area contributed by atoms with Crippen molar-refractivity contribution in [3.05, 3.63) is 36.7 Å². The van der Waals surface area contributed by atoms with E-state index in [0.717, 1.165) is 16.8 Å². The van der Waals surface area contributed by atoms with E-state index in [2.05, 4.69) is 20.2 Å². The summed E-state index contributed by atoms with van der Waals surface area (Å²) in [5, 5.41) is 2.83. The first kappa shape index (κ1) is 23.4. The number of benzene rings is 1. The Morgan fingerprint density at radius 1 is 1.17 bits per heavy atom. The molecule has 0 bridgehead atoms. The zero-order valence-corrected chi connectivity index (χ0v) is 19.3. The predicted molar refractivity (Wildman–Crippen MR) is 125 cm³/mol. The molecule has 2 N–H and O–H groups in total. The molecule has 2 saturated heterocycles. The van der Waals surface area contributed by atoms with Crippen molar-refractivity contribution in [3.8, 4) is 17.1 Å². The Morgan fingerprint density at radius 2 is 1.91 bits per heavy atom. The number of amides is 1. The van der Waals surface area contributed by atoms with Crippen LogP contribution < -0.4 is 15.0 Å². The fourth-order valence-electron chi connectivity index (χ4n) is 4.64. The average Bonchev–Trinajstić information content (AvgIpc) is 3.48. The number of H-pyrrole nitrogens is 1. The van der Waals surface area contributed by atoms with Crippen molar-refractivity contribution in [1.29, 1.82) is 0 Å². The Labute approximate surface area is 200 Å². The van der Waals surface area contributed by atoms with E-state index in [1.807, 2.05) is 37.3 Å². The Morgan fingerprint density at radius 3 is 2.57 bits per heavy atom. The molecule has 11 heteroatoms. The summed E-state index contributed by atoms with van der Waals surface area (Å²) in [6.45, 7) is 3.49. The number of nitrogens with zero attached hydrogens (tertiary/aromatic N) is 4. The molecule has 0 aliphatic carbocycles. The van der Waals surface area contributed by atoms with Crippen LogP contribution in [-0.2, 0) is 4.79 Å². The molecule has 0 radical (unpaired) electrons. The topological polar surface area (TPSA) is 86.4 Å². The quantitative estimate of drug-likeness (QED) is 0.554. The third kappa shape index (κ3) is 5.34. The van der Waals surface area contributed by atoms with Gasteiger partial charge in [0.05, 0.1) is 24.1 Å². The van der Waals surface area contributed by atoms with Crippen molar-refractivity contribution in [2.75, 3.05) is 44.2 Å². The summed E-state index contributed by atoms with van der Waals surface area (Å²) >= 11 is 0. The maximum Gasteiger partial charge on any atom is 0.401 e. The second kappa shape index (κ2) is 9.37. The molecular formula is C24H27F3N6O2. The first-order valence-corrected chi connectivity index (χ1v) is 11.7. The number of alkyl halides is 3. The number of rotatable bonds is 6. The van der Waals surface area contributed by atoms with Gasteiger partial charge in [0.1, 0.15) is 6.10 Å². The zero-order chi connectivity index (χ0) is 24.6. The fraction of sp³-hybridized carbons (Fsp3) is 0.458. The number of carbonyl (C=O) groups is 1. The largest absolute Gasteiger partial charge is 0.473 e. The lowest BCUT2D eigenvalue weighted by molar-refractivity contribution is -0.146. The van der Waals surface area contributed by atoms with Gasteiger partial charge >= 0.3 is 6.18 Å². The number of aromatic amines is 1. The molecule has 2 fully saturated rings. The normalized spacial score (nSPS) is 20.3. The van der Waals surface area contributed by atoms with Crippen LogP contribution in [0.2, 0.25) is 0 Å². The summed E-state index contributed by atoms with van der Waals surface area (Å²) in [6.07, 6.45) is -2.36. The Balaban J connectivity index is 1.30. The van der Waals surface area contributed by atoms with E-state index in [1.165, 1.54) is 4.90 Å². The van der Waals surface area contributed by atoms with Gasteiger partial charge in [-0.1, -0.05) is 12.1 Å². The van der Waals surface area contributed by atoms with Gasteiger partial charge in [0, 0.05) is 56.3 Å². The molecule has 35 heavy (non-hydrogen) atoms. The second-order valence-electron chi connectivity index (χ2n) is 9.13. The van der Waals surface area contributed by atoms with E-state index in [9.17, 15) is 18.0 Å². The van der Waals surface area contributed by atoms with Crippen molar-refractivity contribution >= 4 is 22.6 Å². The monoisotopic (exact) mass is 488 g/mol. The fourth-order valence-corrected chi connectivity index (χ4v) is 4.64. The number of hydrogen-bond acceptors (Lipinski definition) is 6. The van der Waals surface area contributed by atoms with Crippen LogP contribution in [0.4, 0.5) is 18.9 Å². The summed E-state index contributed by atoms with van der Waals surface area (Å²) in [7, 11) is 0. The van der Waals surface area contributed by atoms with Crippen LogP contribution in [0, 0.1) is 5.92 Å². The Hall–Kier alpha value is -3.34. The second-order valence-corrected chi connectivity index (χ2v) is 9.13. The van der Waals surface area contributed by atoms with E-state index in [1.54, 1.807) is 6.33 Å². The van der Waals surface area contributed by atoms with Crippen LogP contribution >= 0.6 is 0 Å². The van der Waals surface area contributed by atoms with Crippen LogP contribution in [0.1, 0.15) is 13.3 Å². The molecule has 0 unspecified atom stereocenters. The number of pyridine rings is 1. The standard InChI is InChI=1S/C24H27F3N6O2/c1-15(17-10-21(34)28-12-17)35-23-22-20(29-14-30-22)11-19(31-23)16-2-4-18(5-3-16)33-8-6-32(7-9-33)13-24(25,26)27/h2-5,11,14-15,17H,6-10,12-13H2,1H3,(H,28,34)(H,29,30)/t15-,17-/m1/s1. The highest BCUT2D eigenvalue weighted by Gasteiger charge is 2.32. The molecule has 4 heterocycles. The lowest BCUT2D eigenvalue weighted by atomic mass is 10.0. The SMILES string of the molecule is C[C@@H](Oc1nc(-c2ccc(N3CCN(CC(F)(F)F)CC3)cc2)cc2[nH]cnc12)[C@H]1CNC(=O)C1. The van der Waals surface area contributed by atoms with Gasteiger partial charge in [-0.05, 0) is 25.1 Å². The van der Waals surface area contributed by atoms with Crippen molar-refractivity contribution in [2.24, 2.45) is 5.92 Å². The number of imidazole rings is 1. The van der Waals surface area contributed by atoms with Gasteiger partial charge in [0.25, 0.3) is 0 Å². The first-order chi connectivity index (χ1) is 16.7. The molecular weight excluding hydrogens is 461 g/mol. The van der Waals surface area contributed by atoms with Gasteiger partial charge < -0.3 is 19.9 Å². The first-order valence-electron chi connectivity index (χ1n) is 11.7. The number of nitrogens with one attached hydrogen (secondary N) is 2. The van der Waals surface area contributed by atoms with Gasteiger partial charge in [0.15, 0.2) is 5.52 Å². The van der Waals surface area contributed by atoms with Crippen LogP contribution in [0.5, 0.6) is 5.88 Å². The van der Waals surface area contributed by atoms with Crippen LogP contribution in [0.3, 0.4) is 0 Å². The maximum atomic E-state index is 12.6. The molecule has 3 aromatic rings. The number of ether oxygens (including phenoxy) is 1. The summed E-state index contributed by atoms with van der Waals surface area (Å²) < 4.78 is 44.1. The number of aromatic nitrogens is 3. The minimum Gasteiger partial charge on any atom is -0.473 e. The van der Waals surface area contributed by atoms with E-state index in [0.29, 0.717) is 56.2 Å². The third-order valence-electron chi connectivity index (χ3n) is 6.65. The summed E-state index contributed by atoms with van der Waals surface area (Å²) in [5.41, 5.74) is 3.99. The number of fused-ring (bicyclic) bond motifs is 1. The molecule has 5 rings (SSSR count). The molecule has 186 valence electrons. The Bertz CT molecular complexity index is 1190. The molecule has 1 amide bonds. The zero-order valence-electron chi connectivity index (χ0n) is 19.3. The smallest absolute Gasteiger partial charge is 0.401 e. The van der Waals surface area contributed by atoms with Gasteiger partial charge in [-0.2, -0.15) is 13.2 Å². The third-order valence-corrected chi connectivity index (χ3v) is 6.65. The van der Waals surface area contributed by atoms with Crippen molar-refractivity contribution in [3.63, 3.8) is 0 Å². The van der Waals surface area contributed by atoms with Crippen molar-refractivity contribution < 1.29 is 22.7 Å². The minimum absolute atomic E-state index is 0.0268. The molecule has 1 aromatic carbocycles. The van der Waals surface area contributed by atoms with Gasteiger partial charge in [0.2, 0.25) is 11.8 Å². The number of carbonyl (C=O) groups excluding carboxylic acids is 1. The van der Waals surface area contributed by atoms with Crippen molar-refractivity contribution in [2.45, 2.75) is 25.6 Å². The molecule has 8 nitrogen and oxygen atoms in total. The molecule has 2 aromatic heterocycles. The minimum atomic E-state index is -4.17. The van der Waals surface area contributed by atoms with Gasteiger partial charge in [-0.25, -0.2) is 9.97 Å². The van der Waals surface area contributed by atoms with E-state index >= 15 is 0 Å². The summed E-state index contributed by atoms with van der Waals surface area (Å²) in [5.74, 6) is 0.507.